The molecule has 0 spiro atoms. The number of nitriles is 3. The molecule has 2 aromatic carbocycles. The number of rotatable bonds is 3. The van der Waals surface area contributed by atoms with E-state index in [4.69, 9.17) is 20.2 Å². The Labute approximate surface area is 141 Å². The van der Waals surface area contributed by atoms with Crippen molar-refractivity contribution in [1.82, 2.24) is 4.98 Å². The monoisotopic (exact) mass is 329 g/mol. The van der Waals surface area contributed by atoms with Crippen molar-refractivity contribution in [3.8, 4) is 29.7 Å². The maximum Gasteiger partial charge on any atom is 0.230 e. The number of nitrogens with one attached hydrogen (secondary N) is 1. The van der Waals surface area contributed by atoms with E-state index >= 15 is 0 Å². The number of allylic oxidation sites excluding steroid dienone is 2. The van der Waals surface area contributed by atoms with Gasteiger partial charge in [-0.05, 0) is 30.3 Å². The van der Waals surface area contributed by atoms with Crippen molar-refractivity contribution in [2.24, 2.45) is 0 Å². The summed E-state index contributed by atoms with van der Waals surface area (Å²) in [6, 6.07) is 16.0. The number of fused-ring (bicyclic) bond motifs is 1. The van der Waals surface area contributed by atoms with Crippen LogP contribution in [0.4, 0.5) is 10.1 Å². The zero-order valence-corrected chi connectivity index (χ0v) is 12.6. The van der Waals surface area contributed by atoms with E-state index in [1.807, 2.05) is 0 Å². The van der Waals surface area contributed by atoms with Gasteiger partial charge >= 0.3 is 0 Å². The van der Waals surface area contributed by atoms with Gasteiger partial charge in [0.2, 0.25) is 5.89 Å². The first-order valence-electron chi connectivity index (χ1n) is 7.03. The lowest BCUT2D eigenvalue weighted by Gasteiger charge is -2.06. The molecule has 1 aromatic heterocycles. The largest absolute Gasteiger partial charge is 0.436 e. The van der Waals surface area contributed by atoms with Gasteiger partial charge in [0, 0.05) is 5.69 Å². The van der Waals surface area contributed by atoms with Gasteiger partial charge in [-0.3, -0.25) is 0 Å². The molecule has 118 valence electrons. The number of oxazole rings is 1. The van der Waals surface area contributed by atoms with Crippen molar-refractivity contribution in [3.05, 3.63) is 59.6 Å². The van der Waals surface area contributed by atoms with Crippen LogP contribution in [0.15, 0.2) is 58.2 Å². The molecule has 0 saturated heterocycles. The summed E-state index contributed by atoms with van der Waals surface area (Å²) in [5, 5.41) is 29.4. The molecule has 0 radical (unpaired) electrons. The van der Waals surface area contributed by atoms with Gasteiger partial charge in [0.25, 0.3) is 0 Å². The molecule has 0 aliphatic carbocycles. The Hall–Kier alpha value is -4.15. The van der Waals surface area contributed by atoms with Gasteiger partial charge in [0.05, 0.1) is 5.56 Å². The van der Waals surface area contributed by atoms with Gasteiger partial charge in [0.15, 0.2) is 11.2 Å². The number of hydrogen-bond acceptors (Lipinski definition) is 6. The van der Waals surface area contributed by atoms with E-state index in [1.165, 1.54) is 18.2 Å². The Morgan fingerprint density at radius 1 is 1.04 bits per heavy atom. The quantitative estimate of drug-likeness (QED) is 0.730. The van der Waals surface area contributed by atoms with Gasteiger partial charge < -0.3 is 9.73 Å². The molecule has 1 N–H and O–H groups in total. The third kappa shape index (κ3) is 3.01. The third-order valence-electron chi connectivity index (χ3n) is 3.35. The molecule has 6 nitrogen and oxygen atoms in total. The lowest BCUT2D eigenvalue weighted by molar-refractivity contribution is 0.594. The van der Waals surface area contributed by atoms with Crippen molar-refractivity contribution < 1.29 is 8.81 Å². The number of aromatic nitrogens is 1. The molecule has 1 heterocycles. The molecule has 7 heteroatoms. The van der Waals surface area contributed by atoms with Gasteiger partial charge in [-0.2, -0.15) is 15.8 Å². The van der Waals surface area contributed by atoms with Crippen molar-refractivity contribution in [1.29, 1.82) is 15.8 Å². The van der Waals surface area contributed by atoms with Gasteiger partial charge in [-0.1, -0.05) is 12.1 Å². The van der Waals surface area contributed by atoms with E-state index in [0.717, 1.165) is 0 Å². The molecular formula is C18H8FN5O. The number of anilines is 1. The summed E-state index contributed by atoms with van der Waals surface area (Å²) in [5.74, 6) is -0.467. The number of halogens is 1. The van der Waals surface area contributed by atoms with Crippen molar-refractivity contribution >= 4 is 16.8 Å². The molecular weight excluding hydrogens is 321 g/mol. The van der Waals surface area contributed by atoms with Crippen molar-refractivity contribution in [2.75, 3.05) is 5.32 Å². The topological polar surface area (TPSA) is 109 Å². The summed E-state index contributed by atoms with van der Waals surface area (Å²) in [7, 11) is 0. The van der Waals surface area contributed by atoms with E-state index in [2.05, 4.69) is 10.3 Å². The second-order valence-corrected chi connectivity index (χ2v) is 4.89. The first kappa shape index (κ1) is 15.7. The summed E-state index contributed by atoms with van der Waals surface area (Å²) in [6.07, 6.45) is 0. The van der Waals surface area contributed by atoms with Crippen molar-refractivity contribution in [2.45, 2.75) is 0 Å². The average molecular weight is 329 g/mol. The zero-order valence-electron chi connectivity index (χ0n) is 12.6. The Morgan fingerprint density at radius 3 is 2.48 bits per heavy atom. The van der Waals surface area contributed by atoms with Crippen LogP contribution in [-0.4, -0.2) is 4.98 Å². The predicted octanol–water partition coefficient (Wildman–Crippen LogP) is 3.87. The van der Waals surface area contributed by atoms with Gasteiger partial charge in [0.1, 0.15) is 35.2 Å². The molecule has 0 bridgehead atoms. The normalized spacial score (nSPS) is 9.68. The minimum absolute atomic E-state index is 0.0885. The average Bonchev–Trinajstić information content (AvgIpc) is 3.07. The molecule has 0 unspecified atom stereocenters. The molecule has 0 atom stereocenters. The number of benzene rings is 2. The maximum absolute atomic E-state index is 14.2. The SMILES string of the molecule is N#CC(C#N)=C(C#N)Nc1ccc(F)c(-c2nc3ccccc3o2)c1. The minimum Gasteiger partial charge on any atom is -0.436 e. The first-order chi connectivity index (χ1) is 12.2. The molecule has 3 rings (SSSR count). The van der Waals surface area contributed by atoms with Crippen LogP contribution in [0.25, 0.3) is 22.6 Å². The highest BCUT2D eigenvalue weighted by molar-refractivity contribution is 5.77. The van der Waals surface area contributed by atoms with Gasteiger partial charge in [-0.25, -0.2) is 9.37 Å². The highest BCUT2D eigenvalue weighted by Gasteiger charge is 2.14. The Balaban J connectivity index is 2.05. The summed E-state index contributed by atoms with van der Waals surface area (Å²) < 4.78 is 19.7. The second-order valence-electron chi connectivity index (χ2n) is 4.89. The van der Waals surface area contributed by atoms with Crippen LogP contribution in [0.3, 0.4) is 0 Å². The fourth-order valence-corrected chi connectivity index (χ4v) is 2.18. The van der Waals surface area contributed by atoms with E-state index < -0.39 is 5.82 Å². The molecule has 0 amide bonds. The molecule has 0 fully saturated rings. The smallest absolute Gasteiger partial charge is 0.230 e. The van der Waals surface area contributed by atoms with Crippen LogP contribution < -0.4 is 5.32 Å². The van der Waals surface area contributed by atoms with Crippen LogP contribution in [0.2, 0.25) is 0 Å². The highest BCUT2D eigenvalue weighted by Crippen LogP contribution is 2.29. The van der Waals surface area contributed by atoms with Gasteiger partial charge in [-0.15, -0.1) is 0 Å². The number of para-hydroxylation sites is 2. The first-order valence-corrected chi connectivity index (χ1v) is 7.03. The van der Waals surface area contributed by atoms with Crippen LogP contribution in [0.1, 0.15) is 0 Å². The van der Waals surface area contributed by atoms with Crippen LogP contribution in [0, 0.1) is 39.8 Å². The predicted molar refractivity (Wildman–Crippen MR) is 86.9 cm³/mol. The third-order valence-corrected chi connectivity index (χ3v) is 3.35. The second kappa shape index (κ2) is 6.54. The molecule has 3 aromatic rings. The lowest BCUT2D eigenvalue weighted by atomic mass is 10.1. The zero-order chi connectivity index (χ0) is 17.8. The standard InChI is InChI=1S/C18H8FN5O/c19-14-6-5-12(23-16(10-22)11(8-20)9-21)7-13(14)18-24-15-3-1-2-4-17(15)25-18/h1-7,23H. The summed E-state index contributed by atoms with van der Waals surface area (Å²) in [6.45, 7) is 0. The maximum atomic E-state index is 14.2. The lowest BCUT2D eigenvalue weighted by Crippen LogP contribution is -2.01. The fraction of sp³-hybridized carbons (Fsp3) is 0. The molecule has 25 heavy (non-hydrogen) atoms. The minimum atomic E-state index is -0.555. The molecule has 0 saturated carbocycles. The van der Waals surface area contributed by atoms with E-state index in [-0.39, 0.29) is 22.7 Å². The highest BCUT2D eigenvalue weighted by atomic mass is 19.1. The van der Waals surface area contributed by atoms with E-state index in [9.17, 15) is 4.39 Å². The Morgan fingerprint density at radius 2 is 1.80 bits per heavy atom. The van der Waals surface area contributed by atoms with E-state index in [1.54, 1.807) is 42.5 Å². The fourth-order valence-electron chi connectivity index (χ4n) is 2.18. The summed E-state index contributed by atoms with van der Waals surface area (Å²) >= 11 is 0. The Bertz CT molecular complexity index is 1080. The molecule has 0 aliphatic heterocycles. The molecule has 0 aliphatic rings. The van der Waals surface area contributed by atoms with Crippen LogP contribution in [0.5, 0.6) is 0 Å². The van der Waals surface area contributed by atoms with Crippen LogP contribution in [-0.2, 0) is 0 Å². The van der Waals surface area contributed by atoms with Crippen LogP contribution >= 0.6 is 0 Å². The van der Waals surface area contributed by atoms with E-state index in [0.29, 0.717) is 16.8 Å². The number of hydrogen-bond donors (Lipinski definition) is 1. The number of nitrogens with zero attached hydrogens (tertiary/aromatic N) is 4. The summed E-state index contributed by atoms with van der Waals surface area (Å²) in [5.41, 5.74) is 0.927. The Kier molecular flexibility index (Phi) is 4.11. The van der Waals surface area contributed by atoms with Crippen molar-refractivity contribution in [3.63, 3.8) is 0 Å². The summed E-state index contributed by atoms with van der Waals surface area (Å²) in [4.78, 5) is 4.24.